The van der Waals surface area contributed by atoms with E-state index in [1.165, 1.54) is 24.0 Å². The van der Waals surface area contributed by atoms with E-state index in [9.17, 15) is 8.42 Å². The summed E-state index contributed by atoms with van der Waals surface area (Å²) >= 11 is 0. The molecule has 1 aliphatic carbocycles. The fourth-order valence-electron chi connectivity index (χ4n) is 3.18. The molecule has 2 aliphatic rings. The zero-order chi connectivity index (χ0) is 13.3. The minimum Gasteiger partial charge on any atom is -0.317 e. The maximum atomic E-state index is 12.6. The Kier molecular flexibility index (Phi) is 3.63. The Morgan fingerprint density at radius 3 is 2.42 bits per heavy atom. The third-order valence-corrected chi connectivity index (χ3v) is 6.63. The van der Waals surface area contributed by atoms with Crippen LogP contribution in [0.3, 0.4) is 0 Å². The van der Waals surface area contributed by atoms with Crippen molar-refractivity contribution in [3.8, 4) is 0 Å². The average Bonchev–Trinajstić information content (AvgIpc) is 2.47. The molecular weight excluding hydrogens is 258 g/mol. The molecule has 1 fully saturated rings. The van der Waals surface area contributed by atoms with Crippen molar-refractivity contribution in [1.82, 2.24) is 5.32 Å². The van der Waals surface area contributed by atoms with Gasteiger partial charge in [-0.25, -0.2) is 8.42 Å². The minimum absolute atomic E-state index is 0.199. The summed E-state index contributed by atoms with van der Waals surface area (Å²) in [7, 11) is -3.14. The Morgan fingerprint density at radius 1 is 1.00 bits per heavy atom. The predicted octanol–water partition coefficient (Wildman–Crippen LogP) is 2.09. The Morgan fingerprint density at radius 2 is 1.68 bits per heavy atom. The largest absolute Gasteiger partial charge is 0.317 e. The van der Waals surface area contributed by atoms with Crippen LogP contribution in [0, 0.1) is 0 Å². The molecule has 0 unspecified atom stereocenters. The van der Waals surface area contributed by atoms with Crippen molar-refractivity contribution in [2.75, 3.05) is 13.1 Å². The molecule has 4 heteroatoms. The van der Waals surface area contributed by atoms with Crippen LogP contribution in [0.1, 0.15) is 36.8 Å². The smallest absolute Gasteiger partial charge is 0.181 e. The maximum Gasteiger partial charge on any atom is 0.181 e. The highest BCUT2D eigenvalue weighted by Gasteiger charge is 2.29. The first kappa shape index (κ1) is 13.1. The van der Waals surface area contributed by atoms with Gasteiger partial charge in [0, 0.05) is 0 Å². The van der Waals surface area contributed by atoms with Gasteiger partial charge >= 0.3 is 0 Å². The van der Waals surface area contributed by atoms with Crippen LogP contribution in [0.15, 0.2) is 23.1 Å². The summed E-state index contributed by atoms with van der Waals surface area (Å²) in [4.78, 5) is 0.542. The lowest BCUT2D eigenvalue weighted by Crippen LogP contribution is -2.35. The number of nitrogens with one attached hydrogen (secondary N) is 1. The topological polar surface area (TPSA) is 46.2 Å². The van der Waals surface area contributed by atoms with Crippen molar-refractivity contribution in [3.63, 3.8) is 0 Å². The third kappa shape index (κ3) is 2.56. The lowest BCUT2D eigenvalue weighted by molar-refractivity contribution is 0.496. The monoisotopic (exact) mass is 279 g/mol. The van der Waals surface area contributed by atoms with E-state index in [2.05, 4.69) is 5.32 Å². The van der Waals surface area contributed by atoms with Crippen molar-refractivity contribution < 1.29 is 8.42 Å². The van der Waals surface area contributed by atoms with Crippen LogP contribution in [0.4, 0.5) is 0 Å². The lowest BCUT2D eigenvalue weighted by Gasteiger charge is -2.24. The molecule has 1 saturated heterocycles. The van der Waals surface area contributed by atoms with Gasteiger partial charge in [-0.3, -0.25) is 0 Å². The van der Waals surface area contributed by atoms with Gasteiger partial charge in [-0.15, -0.1) is 0 Å². The van der Waals surface area contributed by atoms with Crippen LogP contribution in [0.5, 0.6) is 0 Å². The molecule has 19 heavy (non-hydrogen) atoms. The van der Waals surface area contributed by atoms with Gasteiger partial charge in [0.15, 0.2) is 9.84 Å². The first-order chi connectivity index (χ1) is 9.18. The number of piperidine rings is 1. The summed E-state index contributed by atoms with van der Waals surface area (Å²) in [5.74, 6) is 0. The van der Waals surface area contributed by atoms with Crippen molar-refractivity contribution in [2.24, 2.45) is 0 Å². The molecular formula is C15H21NO2S. The first-order valence-corrected chi connectivity index (χ1v) is 8.79. The van der Waals surface area contributed by atoms with Gasteiger partial charge in [-0.05, 0) is 74.9 Å². The maximum absolute atomic E-state index is 12.6. The fourth-order valence-corrected chi connectivity index (χ4v) is 4.99. The van der Waals surface area contributed by atoms with Gasteiger partial charge in [-0.2, -0.15) is 0 Å². The molecule has 0 atom stereocenters. The predicted molar refractivity (Wildman–Crippen MR) is 76.2 cm³/mol. The minimum atomic E-state index is -3.14. The number of fused-ring (bicyclic) bond motifs is 1. The molecule has 3 nitrogen and oxygen atoms in total. The van der Waals surface area contributed by atoms with E-state index in [1.54, 1.807) is 0 Å². The normalized spacial score (nSPS) is 21.1. The Balaban J connectivity index is 1.92. The third-order valence-electron chi connectivity index (χ3n) is 4.37. The summed E-state index contributed by atoms with van der Waals surface area (Å²) in [6.07, 6.45) is 6.02. The second kappa shape index (κ2) is 5.25. The zero-order valence-electron chi connectivity index (χ0n) is 11.2. The van der Waals surface area contributed by atoms with Crippen LogP contribution < -0.4 is 5.32 Å². The summed E-state index contributed by atoms with van der Waals surface area (Å²) < 4.78 is 25.3. The lowest BCUT2D eigenvalue weighted by atomic mass is 9.92. The zero-order valence-corrected chi connectivity index (χ0v) is 12.0. The standard InChI is InChI=1S/C15H21NO2S/c17-19(18,14-7-9-16-10-8-14)15-6-5-12-3-1-2-4-13(12)11-15/h5-6,11,14,16H,1-4,7-10H2. The number of sulfone groups is 1. The van der Waals surface area contributed by atoms with Gasteiger partial charge in [-0.1, -0.05) is 6.07 Å². The molecule has 0 spiro atoms. The number of hydrogen-bond donors (Lipinski definition) is 1. The van der Waals surface area contributed by atoms with Crippen molar-refractivity contribution >= 4 is 9.84 Å². The molecule has 1 aromatic carbocycles. The number of rotatable bonds is 2. The summed E-state index contributed by atoms with van der Waals surface area (Å²) in [6.45, 7) is 1.63. The van der Waals surface area contributed by atoms with Crippen LogP contribution in [0.2, 0.25) is 0 Å². The van der Waals surface area contributed by atoms with Crippen molar-refractivity contribution in [1.29, 1.82) is 0 Å². The van der Waals surface area contributed by atoms with Crippen molar-refractivity contribution in [2.45, 2.75) is 48.7 Å². The van der Waals surface area contributed by atoms with Crippen LogP contribution >= 0.6 is 0 Å². The van der Waals surface area contributed by atoms with Crippen LogP contribution in [-0.4, -0.2) is 26.8 Å². The molecule has 0 aromatic heterocycles. The molecule has 1 heterocycles. The Bertz CT molecular complexity index is 560. The molecule has 104 valence electrons. The van der Waals surface area contributed by atoms with Crippen LogP contribution in [0.25, 0.3) is 0 Å². The van der Waals surface area contributed by atoms with E-state index in [4.69, 9.17) is 0 Å². The summed E-state index contributed by atoms with van der Waals surface area (Å²) in [5, 5.41) is 3.03. The molecule has 0 amide bonds. The molecule has 1 aromatic rings. The molecule has 0 bridgehead atoms. The van der Waals surface area contributed by atoms with Crippen molar-refractivity contribution in [3.05, 3.63) is 29.3 Å². The summed E-state index contributed by atoms with van der Waals surface area (Å²) in [6, 6.07) is 5.79. The molecule has 1 N–H and O–H groups in total. The van der Waals surface area contributed by atoms with E-state index in [0.29, 0.717) is 4.90 Å². The highest BCUT2D eigenvalue weighted by molar-refractivity contribution is 7.92. The first-order valence-electron chi connectivity index (χ1n) is 7.24. The number of aryl methyl sites for hydroxylation is 2. The Hall–Kier alpha value is -0.870. The molecule has 0 radical (unpaired) electrons. The Labute approximate surface area is 115 Å². The van der Waals surface area contributed by atoms with Gasteiger partial charge in [0.2, 0.25) is 0 Å². The van der Waals surface area contributed by atoms with Gasteiger partial charge < -0.3 is 5.32 Å². The molecule has 0 saturated carbocycles. The van der Waals surface area contributed by atoms with Gasteiger partial charge in [0.05, 0.1) is 10.1 Å². The van der Waals surface area contributed by atoms with E-state index < -0.39 is 9.84 Å². The van der Waals surface area contributed by atoms with E-state index in [0.717, 1.165) is 38.8 Å². The number of hydrogen-bond acceptors (Lipinski definition) is 3. The quantitative estimate of drug-likeness (QED) is 0.901. The van der Waals surface area contributed by atoms with Crippen LogP contribution in [-0.2, 0) is 22.7 Å². The van der Waals surface area contributed by atoms with Gasteiger partial charge in [0.1, 0.15) is 0 Å². The van der Waals surface area contributed by atoms with Gasteiger partial charge in [0.25, 0.3) is 0 Å². The average molecular weight is 279 g/mol. The fraction of sp³-hybridized carbons (Fsp3) is 0.600. The molecule has 1 aliphatic heterocycles. The summed E-state index contributed by atoms with van der Waals surface area (Å²) in [5.41, 5.74) is 2.59. The second-order valence-electron chi connectivity index (χ2n) is 5.63. The van der Waals surface area contributed by atoms with E-state index in [1.807, 2.05) is 18.2 Å². The van der Waals surface area contributed by atoms with E-state index >= 15 is 0 Å². The van der Waals surface area contributed by atoms with E-state index in [-0.39, 0.29) is 5.25 Å². The highest BCUT2D eigenvalue weighted by Crippen LogP contribution is 2.27. The highest BCUT2D eigenvalue weighted by atomic mass is 32.2. The number of benzene rings is 1. The second-order valence-corrected chi connectivity index (χ2v) is 7.86. The SMILES string of the molecule is O=S(=O)(c1ccc2c(c1)CCCC2)C1CCNCC1. The molecule has 3 rings (SSSR count).